The van der Waals surface area contributed by atoms with E-state index in [1.54, 1.807) is 34.4 Å². The SMILES string of the molecule is CSc1nc(CCCOC(=O)C(C)(C)C)cn2c(-c3cnn(C)c3)cnc12.CSc1nc(CCCOC(=O)C(C)(C)C)cn2c(Br)cnc12. The maximum atomic E-state index is 11.9. The zero-order chi connectivity index (χ0) is 35.9. The van der Waals surface area contributed by atoms with Crippen LogP contribution in [0.4, 0.5) is 0 Å². The molecule has 0 spiro atoms. The number of fused-ring (bicyclic) bond motifs is 2. The molecular weight excluding hydrogens is 728 g/mol. The van der Waals surface area contributed by atoms with Crippen LogP contribution in [0, 0.1) is 10.8 Å². The first-order valence-electron chi connectivity index (χ1n) is 15.9. The monoisotopic (exact) mass is 772 g/mol. The zero-order valence-corrected chi connectivity index (χ0v) is 32.8. The van der Waals surface area contributed by atoms with Gasteiger partial charge < -0.3 is 9.47 Å². The summed E-state index contributed by atoms with van der Waals surface area (Å²) >= 11 is 6.63. The summed E-state index contributed by atoms with van der Waals surface area (Å²) in [6.07, 6.45) is 18.3. The third-order valence-electron chi connectivity index (χ3n) is 7.21. The maximum Gasteiger partial charge on any atom is 0.311 e. The largest absolute Gasteiger partial charge is 0.465 e. The highest BCUT2D eigenvalue weighted by Crippen LogP contribution is 2.26. The normalized spacial score (nSPS) is 11.9. The molecule has 0 saturated heterocycles. The quantitative estimate of drug-likeness (QED) is 0.0774. The van der Waals surface area contributed by atoms with Crippen molar-refractivity contribution >= 4 is 62.7 Å². The van der Waals surface area contributed by atoms with Crippen molar-refractivity contribution in [1.29, 1.82) is 0 Å². The predicted molar refractivity (Wildman–Crippen MR) is 197 cm³/mol. The van der Waals surface area contributed by atoms with Gasteiger partial charge in [-0.2, -0.15) is 5.10 Å². The molecule has 0 aromatic carbocycles. The van der Waals surface area contributed by atoms with Gasteiger partial charge in [0.1, 0.15) is 14.7 Å². The van der Waals surface area contributed by atoms with Crippen LogP contribution in [0.5, 0.6) is 0 Å². The van der Waals surface area contributed by atoms with Crippen molar-refractivity contribution < 1.29 is 19.1 Å². The number of esters is 2. The maximum absolute atomic E-state index is 11.9. The number of hydrogen-bond donors (Lipinski definition) is 0. The molecule has 0 amide bonds. The number of aryl methyl sites for hydroxylation is 3. The van der Waals surface area contributed by atoms with E-state index in [0.717, 1.165) is 74.3 Å². The Kier molecular flexibility index (Phi) is 12.9. The Morgan fingerprint density at radius 1 is 0.755 bits per heavy atom. The van der Waals surface area contributed by atoms with Crippen molar-refractivity contribution in [3.05, 3.63) is 53.2 Å². The molecular formula is C34H45BrN8O4S2. The van der Waals surface area contributed by atoms with E-state index in [4.69, 9.17) is 14.5 Å². The molecule has 0 radical (unpaired) electrons. The minimum atomic E-state index is -0.474. The average Bonchev–Trinajstić information content (AvgIpc) is 3.78. The number of carbonyl (C=O) groups excluding carboxylic acids is 2. The summed E-state index contributed by atoms with van der Waals surface area (Å²) in [5.41, 5.74) is 4.66. The minimum absolute atomic E-state index is 0.168. The first kappa shape index (κ1) is 38.4. The molecule has 0 fully saturated rings. The third kappa shape index (κ3) is 10.1. The number of nitrogens with zero attached hydrogens (tertiary/aromatic N) is 8. The summed E-state index contributed by atoms with van der Waals surface area (Å²) < 4.78 is 17.4. The minimum Gasteiger partial charge on any atom is -0.465 e. The van der Waals surface area contributed by atoms with Crippen molar-refractivity contribution in [1.82, 2.24) is 38.5 Å². The highest BCUT2D eigenvalue weighted by molar-refractivity contribution is 9.10. The third-order valence-corrected chi connectivity index (χ3v) is 9.12. The fourth-order valence-corrected chi connectivity index (χ4v) is 6.00. The van der Waals surface area contributed by atoms with Crippen LogP contribution in [-0.2, 0) is 39.0 Å². The van der Waals surface area contributed by atoms with Gasteiger partial charge in [0.2, 0.25) is 0 Å². The Bertz CT molecular complexity index is 1910. The van der Waals surface area contributed by atoms with Crippen molar-refractivity contribution in [3.8, 4) is 11.3 Å². The number of ether oxygens (including phenoxy) is 2. The highest BCUT2D eigenvalue weighted by atomic mass is 79.9. The Balaban J connectivity index is 0.000000226. The average molecular weight is 774 g/mol. The van der Waals surface area contributed by atoms with Gasteiger partial charge in [-0.15, -0.1) is 23.5 Å². The van der Waals surface area contributed by atoms with Crippen molar-refractivity contribution in [2.75, 3.05) is 25.7 Å². The molecule has 0 aliphatic carbocycles. The molecule has 0 aliphatic heterocycles. The molecule has 5 aromatic heterocycles. The van der Waals surface area contributed by atoms with E-state index in [0.29, 0.717) is 13.2 Å². The Morgan fingerprint density at radius 3 is 1.71 bits per heavy atom. The number of rotatable bonds is 11. The molecule has 0 saturated carbocycles. The second-order valence-electron chi connectivity index (χ2n) is 13.5. The molecule has 0 bridgehead atoms. The van der Waals surface area contributed by atoms with E-state index in [1.165, 1.54) is 0 Å². The standard InChI is InChI=1S/C19H25N5O2S.C15H20BrN3O2S/c1-19(2,3)18(25)26-8-6-7-14-12-24-15(13-9-21-23(4)11-13)10-20-16(24)17(22-14)27-5;1-15(2,3)14(20)21-7-5-6-10-9-19-11(16)8-17-12(19)13(18-10)22-4/h9-12H,6-8H2,1-5H3;8-9H,5-7H2,1-4H3. The number of halogens is 1. The molecule has 0 aliphatic rings. The van der Waals surface area contributed by atoms with Gasteiger partial charge in [0.15, 0.2) is 11.3 Å². The van der Waals surface area contributed by atoms with Gasteiger partial charge >= 0.3 is 11.9 Å². The molecule has 15 heteroatoms. The lowest BCUT2D eigenvalue weighted by atomic mass is 9.97. The molecule has 0 atom stereocenters. The van der Waals surface area contributed by atoms with Gasteiger partial charge in [0.05, 0.1) is 59.7 Å². The van der Waals surface area contributed by atoms with Crippen LogP contribution in [0.3, 0.4) is 0 Å². The lowest BCUT2D eigenvalue weighted by Gasteiger charge is -2.16. The molecule has 264 valence electrons. The number of aromatic nitrogens is 8. The van der Waals surface area contributed by atoms with Crippen LogP contribution >= 0.6 is 39.5 Å². The number of hydrogen-bond acceptors (Lipinski definition) is 11. The summed E-state index contributed by atoms with van der Waals surface area (Å²) in [6, 6.07) is 0. The summed E-state index contributed by atoms with van der Waals surface area (Å²) in [5, 5.41) is 6.03. The topological polar surface area (TPSA) is 131 Å². The Labute approximate surface area is 304 Å². The van der Waals surface area contributed by atoms with E-state index in [-0.39, 0.29) is 11.9 Å². The summed E-state index contributed by atoms with van der Waals surface area (Å²) in [5.74, 6) is -0.345. The van der Waals surface area contributed by atoms with Gasteiger partial charge in [0, 0.05) is 31.2 Å². The summed E-state index contributed by atoms with van der Waals surface area (Å²) in [7, 11) is 1.89. The van der Waals surface area contributed by atoms with Gasteiger partial charge in [-0.25, -0.2) is 19.9 Å². The van der Waals surface area contributed by atoms with E-state index < -0.39 is 10.8 Å². The van der Waals surface area contributed by atoms with Gasteiger partial charge in [-0.1, -0.05) is 0 Å². The molecule has 49 heavy (non-hydrogen) atoms. The van der Waals surface area contributed by atoms with Crippen LogP contribution in [0.15, 0.2) is 51.8 Å². The number of thioether (sulfide) groups is 2. The fourth-order valence-electron chi connectivity index (χ4n) is 4.54. The molecule has 5 aromatic rings. The smallest absolute Gasteiger partial charge is 0.311 e. The van der Waals surface area contributed by atoms with Crippen molar-refractivity contribution in [2.45, 2.75) is 77.3 Å². The fraction of sp³-hybridized carbons (Fsp3) is 0.500. The zero-order valence-electron chi connectivity index (χ0n) is 29.6. The predicted octanol–water partition coefficient (Wildman–Crippen LogP) is 7.11. The van der Waals surface area contributed by atoms with Crippen LogP contribution in [-0.4, -0.2) is 76.2 Å². The summed E-state index contributed by atoms with van der Waals surface area (Å²) in [6.45, 7) is 11.9. The first-order chi connectivity index (χ1) is 23.1. The summed E-state index contributed by atoms with van der Waals surface area (Å²) in [4.78, 5) is 41.8. The second-order valence-corrected chi connectivity index (χ2v) is 15.9. The van der Waals surface area contributed by atoms with Gasteiger partial charge in [-0.05, 0) is 95.7 Å². The van der Waals surface area contributed by atoms with E-state index in [1.807, 2.05) is 96.5 Å². The van der Waals surface area contributed by atoms with Gasteiger partial charge in [-0.3, -0.25) is 23.1 Å². The Morgan fingerprint density at radius 2 is 1.24 bits per heavy atom. The number of carbonyl (C=O) groups is 2. The molecule has 0 unspecified atom stereocenters. The first-order valence-corrected chi connectivity index (χ1v) is 19.2. The van der Waals surface area contributed by atoms with E-state index >= 15 is 0 Å². The lowest BCUT2D eigenvalue weighted by Crippen LogP contribution is -2.23. The molecule has 12 nitrogen and oxygen atoms in total. The number of imidazole rings is 2. The van der Waals surface area contributed by atoms with E-state index in [2.05, 4.69) is 40.4 Å². The Hall–Kier alpha value is -3.43. The lowest BCUT2D eigenvalue weighted by molar-refractivity contribution is -0.153. The van der Waals surface area contributed by atoms with Crippen LogP contribution in [0.2, 0.25) is 0 Å². The van der Waals surface area contributed by atoms with Crippen LogP contribution in [0.1, 0.15) is 65.8 Å². The molecule has 5 rings (SSSR count). The van der Waals surface area contributed by atoms with E-state index in [9.17, 15) is 9.59 Å². The highest BCUT2D eigenvalue weighted by Gasteiger charge is 2.23. The second kappa shape index (κ2) is 16.5. The van der Waals surface area contributed by atoms with Crippen LogP contribution < -0.4 is 0 Å². The molecule has 5 heterocycles. The molecule has 0 N–H and O–H groups in total. The van der Waals surface area contributed by atoms with Crippen molar-refractivity contribution in [2.24, 2.45) is 17.9 Å². The van der Waals surface area contributed by atoms with Gasteiger partial charge in [0.25, 0.3) is 0 Å². The van der Waals surface area contributed by atoms with Crippen LogP contribution in [0.25, 0.3) is 22.6 Å². The van der Waals surface area contributed by atoms with Crippen molar-refractivity contribution in [3.63, 3.8) is 0 Å².